The van der Waals surface area contributed by atoms with E-state index in [0.717, 1.165) is 18.6 Å². The molecule has 0 fully saturated rings. The summed E-state index contributed by atoms with van der Waals surface area (Å²) in [6, 6.07) is 8.25. The van der Waals surface area contributed by atoms with Gasteiger partial charge in [-0.1, -0.05) is 25.1 Å². The summed E-state index contributed by atoms with van der Waals surface area (Å²) in [4.78, 5) is 13.7. The highest BCUT2D eigenvalue weighted by atomic mass is 16.5. The maximum atomic E-state index is 11.9. The molecule has 2 atom stereocenters. The van der Waals surface area contributed by atoms with Gasteiger partial charge in [-0.15, -0.1) is 0 Å². The van der Waals surface area contributed by atoms with E-state index in [-0.39, 0.29) is 18.2 Å². The van der Waals surface area contributed by atoms with E-state index in [9.17, 15) is 4.79 Å². The number of rotatable bonds is 4. The van der Waals surface area contributed by atoms with Gasteiger partial charge in [0.25, 0.3) is 0 Å². The SMILES string of the molecule is CC[C@H](C)N(C)C(=O)NC[C@@H]1Cc2ccccc2O1. The van der Waals surface area contributed by atoms with Crippen molar-refractivity contribution in [3.05, 3.63) is 29.8 Å². The standard InChI is InChI=1S/C15H22N2O2/c1-4-11(2)17(3)15(18)16-10-13-9-12-7-5-6-8-14(12)19-13/h5-8,11,13H,4,9-10H2,1-3H3,(H,16,18)/t11-,13-/m0/s1. The Morgan fingerprint density at radius 1 is 1.53 bits per heavy atom. The molecule has 2 amide bonds. The van der Waals surface area contributed by atoms with Crippen LogP contribution in [-0.4, -0.2) is 36.7 Å². The normalized spacial score (nSPS) is 18.4. The predicted octanol–water partition coefficient (Wildman–Crippen LogP) is 2.43. The van der Waals surface area contributed by atoms with Gasteiger partial charge in [0.15, 0.2) is 0 Å². The largest absolute Gasteiger partial charge is 0.488 e. The number of para-hydroxylation sites is 1. The van der Waals surface area contributed by atoms with Crippen molar-refractivity contribution < 1.29 is 9.53 Å². The third kappa shape index (κ3) is 3.19. The fraction of sp³-hybridized carbons (Fsp3) is 0.533. The van der Waals surface area contributed by atoms with Crippen LogP contribution in [0.1, 0.15) is 25.8 Å². The van der Waals surface area contributed by atoms with E-state index in [1.165, 1.54) is 5.56 Å². The predicted molar refractivity (Wildman–Crippen MR) is 75.5 cm³/mol. The quantitative estimate of drug-likeness (QED) is 0.905. The van der Waals surface area contributed by atoms with Crippen LogP contribution in [0.5, 0.6) is 5.75 Å². The van der Waals surface area contributed by atoms with Gasteiger partial charge >= 0.3 is 6.03 Å². The Balaban J connectivity index is 1.80. The zero-order valence-electron chi connectivity index (χ0n) is 11.8. The monoisotopic (exact) mass is 262 g/mol. The maximum Gasteiger partial charge on any atom is 0.317 e. The molecule has 0 radical (unpaired) electrons. The average molecular weight is 262 g/mol. The highest BCUT2D eigenvalue weighted by Crippen LogP contribution is 2.27. The summed E-state index contributed by atoms with van der Waals surface area (Å²) in [6.07, 6.45) is 1.87. The summed E-state index contributed by atoms with van der Waals surface area (Å²) in [5, 5.41) is 2.94. The Hall–Kier alpha value is -1.71. The zero-order valence-corrected chi connectivity index (χ0v) is 11.8. The molecule has 1 aromatic rings. The Morgan fingerprint density at radius 2 is 2.26 bits per heavy atom. The summed E-state index contributed by atoms with van der Waals surface area (Å²) in [5.41, 5.74) is 1.22. The van der Waals surface area contributed by atoms with E-state index in [2.05, 4.69) is 18.3 Å². The fourth-order valence-electron chi connectivity index (χ4n) is 2.17. The summed E-state index contributed by atoms with van der Waals surface area (Å²) >= 11 is 0. The molecule has 4 nitrogen and oxygen atoms in total. The lowest BCUT2D eigenvalue weighted by Gasteiger charge is -2.24. The lowest BCUT2D eigenvalue weighted by atomic mass is 10.1. The van der Waals surface area contributed by atoms with Crippen molar-refractivity contribution in [2.75, 3.05) is 13.6 Å². The molecule has 0 aliphatic carbocycles. The van der Waals surface area contributed by atoms with E-state index >= 15 is 0 Å². The minimum absolute atomic E-state index is 0.0334. The molecule has 0 bridgehead atoms. The molecule has 1 aromatic carbocycles. The van der Waals surface area contributed by atoms with Crippen LogP contribution in [0.25, 0.3) is 0 Å². The number of nitrogens with one attached hydrogen (secondary N) is 1. The van der Waals surface area contributed by atoms with Crippen molar-refractivity contribution in [2.24, 2.45) is 0 Å². The van der Waals surface area contributed by atoms with Crippen molar-refractivity contribution in [1.82, 2.24) is 10.2 Å². The van der Waals surface area contributed by atoms with Crippen molar-refractivity contribution >= 4 is 6.03 Å². The van der Waals surface area contributed by atoms with Gasteiger partial charge in [-0.3, -0.25) is 0 Å². The summed E-state index contributed by atoms with van der Waals surface area (Å²) in [5.74, 6) is 0.942. The second-order valence-electron chi connectivity index (χ2n) is 5.11. The van der Waals surface area contributed by atoms with Crippen molar-refractivity contribution in [2.45, 2.75) is 38.8 Å². The van der Waals surface area contributed by atoms with Crippen LogP contribution in [0.4, 0.5) is 4.79 Å². The Morgan fingerprint density at radius 3 is 2.95 bits per heavy atom. The second-order valence-corrected chi connectivity index (χ2v) is 5.11. The van der Waals surface area contributed by atoms with E-state index in [4.69, 9.17) is 4.74 Å². The van der Waals surface area contributed by atoms with Crippen molar-refractivity contribution in [3.63, 3.8) is 0 Å². The van der Waals surface area contributed by atoms with Crippen LogP contribution in [0.3, 0.4) is 0 Å². The summed E-state index contributed by atoms with van der Waals surface area (Å²) in [6.45, 7) is 4.67. The molecule has 1 heterocycles. The van der Waals surface area contributed by atoms with Gasteiger partial charge in [-0.05, 0) is 25.0 Å². The molecule has 0 spiro atoms. The molecule has 0 aromatic heterocycles. The molecule has 1 N–H and O–H groups in total. The molecule has 0 unspecified atom stereocenters. The highest BCUT2D eigenvalue weighted by Gasteiger charge is 2.23. The number of urea groups is 1. The first-order valence-electron chi connectivity index (χ1n) is 6.87. The molecular weight excluding hydrogens is 240 g/mol. The van der Waals surface area contributed by atoms with Crippen LogP contribution in [-0.2, 0) is 6.42 Å². The molecule has 104 valence electrons. The number of carbonyl (C=O) groups excluding carboxylic acids is 1. The number of hydrogen-bond donors (Lipinski definition) is 1. The van der Waals surface area contributed by atoms with E-state index in [1.807, 2.05) is 32.2 Å². The zero-order chi connectivity index (χ0) is 13.8. The lowest BCUT2D eigenvalue weighted by Crippen LogP contribution is -2.45. The first kappa shape index (κ1) is 13.7. The van der Waals surface area contributed by atoms with Gasteiger partial charge in [0.05, 0.1) is 6.54 Å². The minimum Gasteiger partial charge on any atom is -0.488 e. The second kappa shape index (κ2) is 5.95. The number of hydrogen-bond acceptors (Lipinski definition) is 2. The summed E-state index contributed by atoms with van der Waals surface area (Å²) < 4.78 is 5.79. The molecule has 1 aliphatic heterocycles. The first-order chi connectivity index (χ1) is 9.11. The Labute approximate surface area is 114 Å². The van der Waals surface area contributed by atoms with Crippen LogP contribution < -0.4 is 10.1 Å². The molecule has 1 aliphatic rings. The first-order valence-corrected chi connectivity index (χ1v) is 6.87. The molecule has 0 saturated heterocycles. The van der Waals surface area contributed by atoms with Gasteiger partial charge in [-0.25, -0.2) is 4.79 Å². The van der Waals surface area contributed by atoms with Gasteiger partial charge in [0.2, 0.25) is 0 Å². The van der Waals surface area contributed by atoms with E-state index in [1.54, 1.807) is 4.90 Å². The van der Waals surface area contributed by atoms with Crippen LogP contribution >= 0.6 is 0 Å². The van der Waals surface area contributed by atoms with E-state index < -0.39 is 0 Å². The van der Waals surface area contributed by atoms with Gasteiger partial charge in [0.1, 0.15) is 11.9 Å². The number of fused-ring (bicyclic) bond motifs is 1. The van der Waals surface area contributed by atoms with Crippen LogP contribution in [0, 0.1) is 0 Å². The number of benzene rings is 1. The Bertz CT molecular complexity index is 423. The van der Waals surface area contributed by atoms with Gasteiger partial charge < -0.3 is 15.0 Å². The minimum atomic E-state index is -0.0334. The summed E-state index contributed by atoms with van der Waals surface area (Å²) in [7, 11) is 1.83. The average Bonchev–Trinajstić information content (AvgIpc) is 2.85. The topological polar surface area (TPSA) is 41.6 Å². The van der Waals surface area contributed by atoms with Crippen molar-refractivity contribution in [3.8, 4) is 5.75 Å². The van der Waals surface area contributed by atoms with Gasteiger partial charge in [-0.2, -0.15) is 0 Å². The van der Waals surface area contributed by atoms with Crippen LogP contribution in [0.2, 0.25) is 0 Å². The number of ether oxygens (including phenoxy) is 1. The fourth-order valence-corrected chi connectivity index (χ4v) is 2.17. The molecule has 19 heavy (non-hydrogen) atoms. The smallest absolute Gasteiger partial charge is 0.317 e. The van der Waals surface area contributed by atoms with E-state index in [0.29, 0.717) is 6.54 Å². The highest BCUT2D eigenvalue weighted by molar-refractivity contribution is 5.74. The number of carbonyl (C=O) groups is 1. The number of amides is 2. The Kier molecular flexibility index (Phi) is 4.30. The molecule has 0 saturated carbocycles. The van der Waals surface area contributed by atoms with Crippen molar-refractivity contribution in [1.29, 1.82) is 0 Å². The number of nitrogens with zero attached hydrogens (tertiary/aromatic N) is 1. The molecule has 2 rings (SSSR count). The van der Waals surface area contributed by atoms with Crippen LogP contribution in [0.15, 0.2) is 24.3 Å². The third-order valence-corrected chi connectivity index (χ3v) is 3.77. The van der Waals surface area contributed by atoms with Gasteiger partial charge in [0, 0.05) is 19.5 Å². The third-order valence-electron chi connectivity index (χ3n) is 3.77. The maximum absolute atomic E-state index is 11.9. The lowest BCUT2D eigenvalue weighted by molar-refractivity contribution is 0.180. The molecular formula is C15H22N2O2. The molecule has 4 heteroatoms.